The number of hydrogen-bond donors (Lipinski definition) is 3. The highest BCUT2D eigenvalue weighted by Crippen LogP contribution is 2.31. The van der Waals surface area contributed by atoms with Gasteiger partial charge in [0.1, 0.15) is 11.2 Å². The second-order valence-corrected chi connectivity index (χ2v) is 10.4. The van der Waals surface area contributed by atoms with E-state index in [0.717, 1.165) is 58.8 Å². The summed E-state index contributed by atoms with van der Waals surface area (Å²) in [5, 5.41) is 10.6. The molecule has 0 atom stereocenters. The van der Waals surface area contributed by atoms with E-state index in [4.69, 9.17) is 9.97 Å². The van der Waals surface area contributed by atoms with Gasteiger partial charge in [-0.1, -0.05) is 43.3 Å². The lowest BCUT2D eigenvalue weighted by Crippen LogP contribution is -2.28. The van der Waals surface area contributed by atoms with Gasteiger partial charge in [0, 0.05) is 30.5 Å². The number of benzene rings is 1. The lowest BCUT2D eigenvalue weighted by Gasteiger charge is -2.30. The maximum atomic E-state index is 12.6. The molecule has 41 heavy (non-hydrogen) atoms. The maximum Gasteiger partial charge on any atom is 0.228 e. The Balaban J connectivity index is 1.28. The molecule has 0 unspecified atom stereocenters. The molecule has 1 aliphatic heterocycles. The number of rotatable bonds is 8. The van der Waals surface area contributed by atoms with Crippen molar-refractivity contribution in [2.75, 3.05) is 18.4 Å². The smallest absolute Gasteiger partial charge is 0.228 e. The number of aromatic nitrogens is 6. The number of carbonyl (C=O) groups excluding carboxylic acids is 1. The van der Waals surface area contributed by atoms with Crippen molar-refractivity contribution in [1.82, 2.24) is 35.0 Å². The predicted octanol–water partition coefficient (Wildman–Crippen LogP) is 6.14. The number of likely N-dealkylation sites (tertiary alicyclic amines) is 1. The largest absolute Gasteiger partial charge is 0.370 e. The molecule has 1 saturated heterocycles. The van der Waals surface area contributed by atoms with Crippen LogP contribution in [0.25, 0.3) is 39.5 Å². The van der Waals surface area contributed by atoms with Crippen LogP contribution >= 0.6 is 0 Å². The van der Waals surface area contributed by atoms with Crippen LogP contribution in [0, 0.1) is 6.92 Å². The molecule has 4 aromatic heterocycles. The molecule has 0 saturated carbocycles. The summed E-state index contributed by atoms with van der Waals surface area (Å²) in [6.45, 7) is 6.35. The van der Waals surface area contributed by atoms with Gasteiger partial charge in [0.15, 0.2) is 11.5 Å². The van der Waals surface area contributed by atoms with Crippen LogP contribution in [0.1, 0.15) is 49.6 Å². The SMILES string of the molecule is CC/C=C(\c1nc(-c2n[nH]c3ccc(-c4cncc(NC(=O)Cc5ccccc5)c4)nc23)[nH]c1C)N1CCCCC1. The van der Waals surface area contributed by atoms with Gasteiger partial charge in [0.05, 0.1) is 35.2 Å². The Morgan fingerprint density at radius 3 is 2.68 bits per heavy atom. The fourth-order valence-corrected chi connectivity index (χ4v) is 5.39. The van der Waals surface area contributed by atoms with Gasteiger partial charge in [0.25, 0.3) is 0 Å². The van der Waals surface area contributed by atoms with Crippen molar-refractivity contribution in [3.63, 3.8) is 0 Å². The van der Waals surface area contributed by atoms with Gasteiger partial charge in [-0.15, -0.1) is 0 Å². The van der Waals surface area contributed by atoms with Crippen LogP contribution in [0.4, 0.5) is 5.69 Å². The third kappa shape index (κ3) is 5.75. The molecule has 3 N–H and O–H groups in total. The minimum absolute atomic E-state index is 0.0966. The average Bonchev–Trinajstić information content (AvgIpc) is 3.59. The van der Waals surface area contributed by atoms with E-state index in [-0.39, 0.29) is 5.91 Å². The molecule has 0 aliphatic carbocycles. The number of carbonyl (C=O) groups is 1. The molecule has 1 aliphatic rings. The van der Waals surface area contributed by atoms with Crippen LogP contribution in [0.5, 0.6) is 0 Å². The van der Waals surface area contributed by atoms with E-state index in [2.05, 4.69) is 50.3 Å². The standard InChI is InChI=1S/C32H34N8O/c1-3-10-27(40-15-8-5-9-16-40)29-21(2)34-32(37-29)31-30-26(38-39-31)14-13-25(36-30)23-18-24(20-33-19-23)35-28(41)17-22-11-6-4-7-12-22/h4,6-7,10-14,18-20H,3,5,8-9,15-17H2,1-2H3,(H,34,37)(H,35,41)(H,38,39)/b27-10+. The van der Waals surface area contributed by atoms with Crippen LogP contribution in [0.3, 0.4) is 0 Å². The van der Waals surface area contributed by atoms with E-state index in [1.807, 2.05) is 48.5 Å². The first-order valence-corrected chi connectivity index (χ1v) is 14.3. The van der Waals surface area contributed by atoms with Gasteiger partial charge in [-0.25, -0.2) is 9.97 Å². The Bertz CT molecular complexity index is 1700. The molecule has 5 heterocycles. The number of nitrogens with zero attached hydrogens (tertiary/aromatic N) is 5. The Morgan fingerprint density at radius 2 is 1.88 bits per heavy atom. The molecular weight excluding hydrogens is 512 g/mol. The number of fused-ring (bicyclic) bond motifs is 1. The summed E-state index contributed by atoms with van der Waals surface area (Å²) in [5.41, 5.74) is 8.50. The van der Waals surface area contributed by atoms with Gasteiger partial charge in [-0.2, -0.15) is 5.10 Å². The number of imidazole rings is 1. The maximum absolute atomic E-state index is 12.6. The van der Waals surface area contributed by atoms with Crippen molar-refractivity contribution in [3.05, 3.63) is 84.0 Å². The topological polar surface area (TPSA) is 115 Å². The van der Waals surface area contributed by atoms with Crippen molar-refractivity contribution >= 4 is 28.3 Å². The number of aromatic amines is 2. The third-order valence-electron chi connectivity index (χ3n) is 7.38. The van der Waals surface area contributed by atoms with E-state index >= 15 is 0 Å². The molecule has 6 rings (SSSR count). The third-order valence-corrected chi connectivity index (χ3v) is 7.38. The van der Waals surface area contributed by atoms with Crippen molar-refractivity contribution < 1.29 is 4.79 Å². The normalized spacial score (nSPS) is 14.0. The van der Waals surface area contributed by atoms with E-state index in [0.29, 0.717) is 23.6 Å². The monoisotopic (exact) mass is 546 g/mol. The number of H-pyrrole nitrogens is 2. The van der Waals surface area contributed by atoms with Crippen LogP contribution in [-0.4, -0.2) is 54.0 Å². The van der Waals surface area contributed by atoms with E-state index in [9.17, 15) is 4.79 Å². The van der Waals surface area contributed by atoms with E-state index in [1.54, 1.807) is 12.4 Å². The molecule has 9 nitrogen and oxygen atoms in total. The molecule has 1 aromatic carbocycles. The van der Waals surface area contributed by atoms with Crippen LogP contribution in [0.15, 0.2) is 67.0 Å². The van der Waals surface area contributed by atoms with Gasteiger partial charge in [-0.3, -0.25) is 14.9 Å². The number of piperidine rings is 1. The molecular formula is C32H34N8O. The molecule has 0 bridgehead atoms. The number of amides is 1. The molecule has 208 valence electrons. The van der Waals surface area contributed by atoms with Crippen LogP contribution in [-0.2, 0) is 11.2 Å². The molecule has 5 aromatic rings. The summed E-state index contributed by atoms with van der Waals surface area (Å²) in [6, 6.07) is 15.4. The predicted molar refractivity (Wildman–Crippen MR) is 162 cm³/mol. The Morgan fingerprint density at radius 1 is 1.05 bits per heavy atom. The lowest BCUT2D eigenvalue weighted by atomic mass is 10.1. The van der Waals surface area contributed by atoms with Gasteiger partial charge < -0.3 is 15.2 Å². The first kappa shape index (κ1) is 26.4. The number of hydrogen-bond acceptors (Lipinski definition) is 6. The molecule has 1 amide bonds. The molecule has 0 radical (unpaired) electrons. The quantitative estimate of drug-likeness (QED) is 0.215. The van der Waals surface area contributed by atoms with Crippen molar-refractivity contribution in [3.8, 4) is 22.8 Å². The zero-order valence-electron chi connectivity index (χ0n) is 23.4. The summed E-state index contributed by atoms with van der Waals surface area (Å²) in [4.78, 5) is 32.9. The van der Waals surface area contributed by atoms with Gasteiger partial charge in [0.2, 0.25) is 5.91 Å². The summed E-state index contributed by atoms with van der Waals surface area (Å²) < 4.78 is 0. The number of anilines is 1. The first-order valence-electron chi connectivity index (χ1n) is 14.3. The first-order chi connectivity index (χ1) is 20.1. The second-order valence-electron chi connectivity index (χ2n) is 10.4. The fraction of sp³-hybridized carbons (Fsp3) is 0.281. The summed E-state index contributed by atoms with van der Waals surface area (Å²) >= 11 is 0. The molecule has 0 spiro atoms. The zero-order chi connectivity index (χ0) is 28.2. The highest BCUT2D eigenvalue weighted by Gasteiger charge is 2.22. The number of aryl methyl sites for hydroxylation is 1. The summed E-state index contributed by atoms with van der Waals surface area (Å²) in [6.07, 6.45) is 10.6. The Labute approximate surface area is 239 Å². The Kier molecular flexibility index (Phi) is 7.58. The number of allylic oxidation sites excluding steroid dienone is 1. The van der Waals surface area contributed by atoms with Crippen molar-refractivity contribution in [2.45, 2.75) is 46.0 Å². The molecule has 9 heteroatoms. The fourth-order valence-electron chi connectivity index (χ4n) is 5.39. The van der Waals surface area contributed by atoms with E-state index in [1.165, 1.54) is 25.0 Å². The summed E-state index contributed by atoms with van der Waals surface area (Å²) in [5.74, 6) is 0.591. The number of pyridine rings is 2. The lowest BCUT2D eigenvalue weighted by molar-refractivity contribution is -0.115. The minimum atomic E-state index is -0.0966. The highest BCUT2D eigenvalue weighted by atomic mass is 16.1. The minimum Gasteiger partial charge on any atom is -0.370 e. The molecule has 1 fully saturated rings. The van der Waals surface area contributed by atoms with Crippen molar-refractivity contribution in [1.29, 1.82) is 0 Å². The van der Waals surface area contributed by atoms with Crippen LogP contribution < -0.4 is 5.32 Å². The van der Waals surface area contributed by atoms with Gasteiger partial charge in [-0.05, 0) is 56.4 Å². The Hall–Kier alpha value is -4.79. The zero-order valence-corrected chi connectivity index (χ0v) is 23.4. The van der Waals surface area contributed by atoms with Crippen molar-refractivity contribution in [2.24, 2.45) is 0 Å². The highest BCUT2D eigenvalue weighted by molar-refractivity contribution is 5.93. The number of nitrogens with one attached hydrogen (secondary N) is 3. The van der Waals surface area contributed by atoms with E-state index < -0.39 is 0 Å². The van der Waals surface area contributed by atoms with Gasteiger partial charge >= 0.3 is 0 Å². The summed E-state index contributed by atoms with van der Waals surface area (Å²) in [7, 11) is 0. The second kappa shape index (κ2) is 11.8. The average molecular weight is 547 g/mol. The van der Waals surface area contributed by atoms with Crippen LogP contribution in [0.2, 0.25) is 0 Å².